The van der Waals surface area contributed by atoms with Gasteiger partial charge in [0.05, 0.1) is 0 Å². The predicted octanol–water partition coefficient (Wildman–Crippen LogP) is 2.72. The van der Waals surface area contributed by atoms with E-state index in [1.54, 1.807) is 24.3 Å². The van der Waals surface area contributed by atoms with E-state index in [-0.39, 0.29) is 5.97 Å². The SMILES string of the molecule is C/C=C/C=C/C(=O)Oc1ccccc1. The van der Waals surface area contributed by atoms with Gasteiger partial charge in [-0.1, -0.05) is 36.4 Å². The highest BCUT2D eigenvalue weighted by molar-refractivity contribution is 5.84. The summed E-state index contributed by atoms with van der Waals surface area (Å²) < 4.78 is 5.00. The molecular formula is C12H12O2. The molecule has 0 unspecified atom stereocenters. The minimum absolute atomic E-state index is 0.366. The standard InChI is InChI=1S/C12H12O2/c1-2-3-5-10-12(13)14-11-8-6-4-7-9-11/h2-10H,1H3/b3-2+,10-5+. The van der Waals surface area contributed by atoms with Crippen LogP contribution in [-0.4, -0.2) is 5.97 Å². The summed E-state index contributed by atoms with van der Waals surface area (Å²) in [6.07, 6.45) is 6.64. The Morgan fingerprint density at radius 1 is 1.21 bits per heavy atom. The molecular weight excluding hydrogens is 176 g/mol. The number of rotatable bonds is 3. The van der Waals surface area contributed by atoms with E-state index in [1.165, 1.54) is 6.08 Å². The van der Waals surface area contributed by atoms with Gasteiger partial charge in [0.1, 0.15) is 5.75 Å². The zero-order chi connectivity index (χ0) is 10.2. The molecule has 1 aromatic carbocycles. The largest absolute Gasteiger partial charge is 0.423 e. The molecule has 0 aliphatic heterocycles. The van der Waals surface area contributed by atoms with Crippen molar-refractivity contribution in [2.75, 3.05) is 0 Å². The van der Waals surface area contributed by atoms with Crippen LogP contribution in [0.3, 0.4) is 0 Å². The number of carbonyl (C=O) groups is 1. The first-order chi connectivity index (χ1) is 6.83. The summed E-state index contributed by atoms with van der Waals surface area (Å²) >= 11 is 0. The maximum Gasteiger partial charge on any atom is 0.336 e. The molecule has 0 saturated carbocycles. The van der Waals surface area contributed by atoms with Gasteiger partial charge in [-0.05, 0) is 19.1 Å². The Morgan fingerprint density at radius 3 is 2.57 bits per heavy atom. The van der Waals surface area contributed by atoms with Crippen LogP contribution in [0.15, 0.2) is 54.6 Å². The zero-order valence-corrected chi connectivity index (χ0v) is 8.01. The smallest absolute Gasteiger partial charge is 0.336 e. The lowest BCUT2D eigenvalue weighted by molar-refractivity contribution is -0.128. The number of para-hydroxylation sites is 1. The van der Waals surface area contributed by atoms with Gasteiger partial charge >= 0.3 is 5.97 Å². The fourth-order valence-corrected chi connectivity index (χ4v) is 0.884. The van der Waals surface area contributed by atoms with Crippen LogP contribution in [-0.2, 0) is 4.79 Å². The van der Waals surface area contributed by atoms with E-state index in [1.807, 2.05) is 31.2 Å². The lowest BCUT2D eigenvalue weighted by atomic mass is 10.3. The van der Waals surface area contributed by atoms with Gasteiger partial charge in [0.2, 0.25) is 0 Å². The topological polar surface area (TPSA) is 26.3 Å². The highest BCUT2D eigenvalue weighted by Gasteiger charge is 1.97. The number of hydrogen-bond donors (Lipinski definition) is 0. The maximum absolute atomic E-state index is 11.1. The van der Waals surface area contributed by atoms with Gasteiger partial charge in [0.25, 0.3) is 0 Å². The molecule has 1 aromatic rings. The third-order valence-electron chi connectivity index (χ3n) is 1.50. The monoisotopic (exact) mass is 188 g/mol. The summed E-state index contributed by atoms with van der Waals surface area (Å²) in [5.41, 5.74) is 0. The van der Waals surface area contributed by atoms with Crippen molar-refractivity contribution in [2.45, 2.75) is 6.92 Å². The number of hydrogen-bond acceptors (Lipinski definition) is 2. The van der Waals surface area contributed by atoms with Crippen molar-refractivity contribution in [3.8, 4) is 5.75 Å². The molecule has 0 heterocycles. The average Bonchev–Trinajstić information content (AvgIpc) is 2.20. The van der Waals surface area contributed by atoms with E-state index in [0.29, 0.717) is 5.75 Å². The van der Waals surface area contributed by atoms with Crippen LogP contribution in [0.5, 0.6) is 5.75 Å². The molecule has 0 fully saturated rings. The summed E-state index contributed by atoms with van der Waals surface area (Å²) in [4.78, 5) is 11.1. The Morgan fingerprint density at radius 2 is 1.93 bits per heavy atom. The number of allylic oxidation sites excluding steroid dienone is 3. The van der Waals surface area contributed by atoms with Crippen LogP contribution >= 0.6 is 0 Å². The Kier molecular flexibility index (Phi) is 4.21. The molecule has 0 bridgehead atoms. The fraction of sp³-hybridized carbons (Fsp3) is 0.0833. The molecule has 2 heteroatoms. The summed E-state index contributed by atoms with van der Waals surface area (Å²) in [6, 6.07) is 8.98. The van der Waals surface area contributed by atoms with Crippen molar-refractivity contribution in [3.05, 3.63) is 54.6 Å². The van der Waals surface area contributed by atoms with Gasteiger partial charge in [-0.25, -0.2) is 4.79 Å². The molecule has 0 aliphatic carbocycles. The maximum atomic E-state index is 11.1. The Bertz CT molecular complexity index is 337. The molecule has 0 amide bonds. The molecule has 0 spiro atoms. The first-order valence-corrected chi connectivity index (χ1v) is 4.39. The van der Waals surface area contributed by atoms with Gasteiger partial charge < -0.3 is 4.74 Å². The minimum Gasteiger partial charge on any atom is -0.423 e. The van der Waals surface area contributed by atoms with E-state index in [9.17, 15) is 4.79 Å². The van der Waals surface area contributed by atoms with Crippen LogP contribution in [0.25, 0.3) is 0 Å². The number of carbonyl (C=O) groups excluding carboxylic acids is 1. The highest BCUT2D eigenvalue weighted by atomic mass is 16.5. The molecule has 1 rings (SSSR count). The summed E-state index contributed by atoms with van der Waals surface area (Å²) in [5.74, 6) is 0.192. The van der Waals surface area contributed by atoms with Crippen molar-refractivity contribution in [3.63, 3.8) is 0 Å². The normalized spacial score (nSPS) is 10.9. The number of ether oxygens (including phenoxy) is 1. The lowest BCUT2D eigenvalue weighted by Gasteiger charge is -1.98. The second-order valence-electron chi connectivity index (χ2n) is 2.62. The van der Waals surface area contributed by atoms with Crippen LogP contribution in [0.4, 0.5) is 0 Å². The Labute approximate surface area is 83.5 Å². The second kappa shape index (κ2) is 5.75. The Balaban J connectivity index is 2.50. The van der Waals surface area contributed by atoms with E-state index in [2.05, 4.69) is 0 Å². The second-order valence-corrected chi connectivity index (χ2v) is 2.62. The molecule has 0 N–H and O–H groups in total. The molecule has 72 valence electrons. The van der Waals surface area contributed by atoms with E-state index in [4.69, 9.17) is 4.74 Å². The van der Waals surface area contributed by atoms with E-state index < -0.39 is 0 Å². The minimum atomic E-state index is -0.366. The first-order valence-electron chi connectivity index (χ1n) is 4.39. The van der Waals surface area contributed by atoms with Gasteiger partial charge in [-0.3, -0.25) is 0 Å². The number of benzene rings is 1. The lowest BCUT2D eigenvalue weighted by Crippen LogP contribution is -2.02. The third-order valence-corrected chi connectivity index (χ3v) is 1.50. The molecule has 0 radical (unpaired) electrons. The van der Waals surface area contributed by atoms with Crippen molar-refractivity contribution < 1.29 is 9.53 Å². The Hall–Kier alpha value is -1.83. The van der Waals surface area contributed by atoms with Gasteiger partial charge in [0.15, 0.2) is 0 Å². The molecule has 0 saturated heterocycles. The molecule has 0 aromatic heterocycles. The predicted molar refractivity (Wildman–Crippen MR) is 56.0 cm³/mol. The zero-order valence-electron chi connectivity index (χ0n) is 8.01. The molecule has 0 aliphatic rings. The van der Waals surface area contributed by atoms with Crippen LogP contribution in [0, 0.1) is 0 Å². The van der Waals surface area contributed by atoms with Crippen LogP contribution < -0.4 is 4.74 Å². The van der Waals surface area contributed by atoms with Gasteiger partial charge in [-0.15, -0.1) is 0 Å². The van der Waals surface area contributed by atoms with E-state index >= 15 is 0 Å². The van der Waals surface area contributed by atoms with Gasteiger partial charge in [0, 0.05) is 6.08 Å². The van der Waals surface area contributed by atoms with Crippen molar-refractivity contribution in [2.24, 2.45) is 0 Å². The van der Waals surface area contributed by atoms with Crippen LogP contribution in [0.2, 0.25) is 0 Å². The number of esters is 1. The molecule has 0 atom stereocenters. The molecule has 14 heavy (non-hydrogen) atoms. The van der Waals surface area contributed by atoms with E-state index in [0.717, 1.165) is 0 Å². The van der Waals surface area contributed by atoms with Gasteiger partial charge in [-0.2, -0.15) is 0 Å². The highest BCUT2D eigenvalue weighted by Crippen LogP contribution is 2.08. The first kappa shape index (κ1) is 10.3. The quantitative estimate of drug-likeness (QED) is 0.315. The third kappa shape index (κ3) is 3.72. The summed E-state index contributed by atoms with van der Waals surface area (Å²) in [7, 11) is 0. The van der Waals surface area contributed by atoms with Crippen molar-refractivity contribution in [1.29, 1.82) is 0 Å². The summed E-state index contributed by atoms with van der Waals surface area (Å²) in [5, 5.41) is 0. The average molecular weight is 188 g/mol. The van der Waals surface area contributed by atoms with Crippen molar-refractivity contribution in [1.82, 2.24) is 0 Å². The van der Waals surface area contributed by atoms with Crippen LogP contribution in [0.1, 0.15) is 6.92 Å². The fourth-order valence-electron chi connectivity index (χ4n) is 0.884. The summed E-state index contributed by atoms with van der Waals surface area (Å²) in [6.45, 7) is 1.88. The van der Waals surface area contributed by atoms with Crippen molar-refractivity contribution >= 4 is 5.97 Å². The molecule has 2 nitrogen and oxygen atoms in total.